The Balaban J connectivity index is 2.90. The van der Waals surface area contributed by atoms with Gasteiger partial charge in [-0.25, -0.2) is 0 Å². The third-order valence-corrected chi connectivity index (χ3v) is 2.23. The van der Waals surface area contributed by atoms with Crippen molar-refractivity contribution in [1.29, 1.82) is 0 Å². The molecule has 0 amide bonds. The Bertz CT molecular complexity index is 335. The molecule has 0 heterocycles. The van der Waals surface area contributed by atoms with E-state index in [2.05, 4.69) is 6.58 Å². The molecule has 0 saturated heterocycles. The number of benzene rings is 1. The van der Waals surface area contributed by atoms with Crippen LogP contribution in [0.2, 0.25) is 0 Å². The monoisotopic (exact) mass is 205 g/mol. The first kappa shape index (κ1) is 11.3. The van der Waals surface area contributed by atoms with Gasteiger partial charge in [-0.1, -0.05) is 24.3 Å². The molecule has 3 nitrogen and oxygen atoms in total. The molecule has 0 radical (unpaired) electrons. The summed E-state index contributed by atoms with van der Waals surface area (Å²) < 4.78 is 0. The highest BCUT2D eigenvalue weighted by Gasteiger charge is 2.14. The lowest BCUT2D eigenvalue weighted by atomic mass is 10.2. The van der Waals surface area contributed by atoms with Crippen molar-refractivity contribution in [3.8, 4) is 0 Å². The summed E-state index contributed by atoms with van der Waals surface area (Å²) in [6.07, 6.45) is 1.73. The van der Waals surface area contributed by atoms with Gasteiger partial charge in [-0.05, 0) is 19.1 Å². The molecule has 1 rings (SSSR count). The maximum atomic E-state index is 10.7. The van der Waals surface area contributed by atoms with Crippen LogP contribution in [-0.4, -0.2) is 23.7 Å². The number of carboxylic acids is 1. The van der Waals surface area contributed by atoms with Crippen LogP contribution in [0.1, 0.15) is 6.92 Å². The predicted molar refractivity (Wildman–Crippen MR) is 61.1 cm³/mol. The fourth-order valence-electron chi connectivity index (χ4n) is 1.36. The lowest BCUT2D eigenvalue weighted by molar-refractivity contribution is -0.135. The van der Waals surface area contributed by atoms with E-state index in [1.54, 1.807) is 11.0 Å². The average Bonchev–Trinajstić information content (AvgIpc) is 2.26. The van der Waals surface area contributed by atoms with Crippen LogP contribution in [0.4, 0.5) is 5.69 Å². The van der Waals surface area contributed by atoms with Crippen molar-refractivity contribution < 1.29 is 9.90 Å². The van der Waals surface area contributed by atoms with E-state index < -0.39 is 5.97 Å². The minimum absolute atomic E-state index is 0.00324. The molecule has 0 spiro atoms. The molecule has 1 unspecified atom stereocenters. The number of hydrogen-bond acceptors (Lipinski definition) is 2. The molecule has 1 N–H and O–H groups in total. The summed E-state index contributed by atoms with van der Waals surface area (Å²) in [5.74, 6) is -0.840. The Labute approximate surface area is 89.6 Å². The zero-order valence-corrected chi connectivity index (χ0v) is 8.76. The summed E-state index contributed by atoms with van der Waals surface area (Å²) >= 11 is 0. The van der Waals surface area contributed by atoms with E-state index in [-0.39, 0.29) is 12.6 Å². The summed E-state index contributed by atoms with van der Waals surface area (Å²) in [5.41, 5.74) is 0.896. The Morgan fingerprint density at radius 3 is 2.60 bits per heavy atom. The topological polar surface area (TPSA) is 40.5 Å². The Hall–Kier alpha value is -1.77. The summed E-state index contributed by atoms with van der Waals surface area (Å²) in [4.78, 5) is 12.5. The Morgan fingerprint density at radius 1 is 1.53 bits per heavy atom. The molecule has 1 aromatic rings. The highest BCUT2D eigenvalue weighted by atomic mass is 16.4. The van der Waals surface area contributed by atoms with Crippen molar-refractivity contribution in [2.24, 2.45) is 0 Å². The zero-order chi connectivity index (χ0) is 11.3. The molecule has 0 saturated carbocycles. The maximum Gasteiger partial charge on any atom is 0.323 e. The van der Waals surface area contributed by atoms with Crippen LogP contribution in [0.25, 0.3) is 0 Å². The third kappa shape index (κ3) is 3.13. The quantitative estimate of drug-likeness (QED) is 0.749. The average molecular weight is 205 g/mol. The van der Waals surface area contributed by atoms with E-state index in [4.69, 9.17) is 5.11 Å². The van der Waals surface area contributed by atoms with Gasteiger partial charge in [0.2, 0.25) is 0 Å². The summed E-state index contributed by atoms with van der Waals surface area (Å²) in [7, 11) is 0. The molecule has 1 atom stereocenters. The fraction of sp³-hybridized carbons (Fsp3) is 0.250. The molecule has 0 aliphatic carbocycles. The first-order valence-corrected chi connectivity index (χ1v) is 4.81. The summed E-state index contributed by atoms with van der Waals surface area (Å²) in [6, 6.07) is 9.47. The van der Waals surface area contributed by atoms with Gasteiger partial charge in [0.15, 0.2) is 0 Å². The van der Waals surface area contributed by atoms with Gasteiger partial charge in [-0.2, -0.15) is 0 Å². The maximum absolute atomic E-state index is 10.7. The molecule has 0 aliphatic heterocycles. The van der Waals surface area contributed by atoms with E-state index in [9.17, 15) is 4.79 Å². The van der Waals surface area contributed by atoms with Crippen molar-refractivity contribution in [3.05, 3.63) is 43.0 Å². The van der Waals surface area contributed by atoms with Crippen LogP contribution >= 0.6 is 0 Å². The van der Waals surface area contributed by atoms with Crippen LogP contribution in [-0.2, 0) is 4.79 Å². The highest BCUT2D eigenvalue weighted by molar-refractivity contribution is 5.74. The van der Waals surface area contributed by atoms with Crippen LogP contribution in [0, 0.1) is 0 Å². The van der Waals surface area contributed by atoms with Crippen LogP contribution in [0.5, 0.6) is 0 Å². The zero-order valence-electron chi connectivity index (χ0n) is 8.76. The van der Waals surface area contributed by atoms with E-state index in [0.29, 0.717) is 0 Å². The first-order chi connectivity index (χ1) is 7.15. The molecule has 3 heteroatoms. The van der Waals surface area contributed by atoms with Gasteiger partial charge in [-0.15, -0.1) is 6.58 Å². The van der Waals surface area contributed by atoms with E-state index in [1.165, 1.54) is 0 Å². The first-order valence-electron chi connectivity index (χ1n) is 4.81. The SMILES string of the molecule is C=CC(C)N(CC(=O)O)c1ccccc1. The van der Waals surface area contributed by atoms with Crippen LogP contribution in [0.3, 0.4) is 0 Å². The number of para-hydroxylation sites is 1. The number of rotatable bonds is 5. The Kier molecular flexibility index (Phi) is 3.92. The van der Waals surface area contributed by atoms with Crippen molar-refractivity contribution in [2.45, 2.75) is 13.0 Å². The third-order valence-electron chi connectivity index (χ3n) is 2.23. The van der Waals surface area contributed by atoms with Gasteiger partial charge in [0.25, 0.3) is 0 Å². The van der Waals surface area contributed by atoms with Crippen molar-refractivity contribution in [3.63, 3.8) is 0 Å². The van der Waals surface area contributed by atoms with Gasteiger partial charge >= 0.3 is 5.97 Å². The smallest absolute Gasteiger partial charge is 0.323 e. The summed E-state index contributed by atoms with van der Waals surface area (Å²) in [5, 5.41) is 8.81. The van der Waals surface area contributed by atoms with Crippen molar-refractivity contribution in [1.82, 2.24) is 0 Å². The van der Waals surface area contributed by atoms with Gasteiger partial charge in [0.1, 0.15) is 6.54 Å². The predicted octanol–water partition coefficient (Wildman–Crippen LogP) is 2.15. The standard InChI is InChI=1S/C12H15NO2/c1-3-10(2)13(9-12(14)15)11-7-5-4-6-8-11/h3-8,10H,1,9H2,2H3,(H,14,15). The van der Waals surface area contributed by atoms with Gasteiger partial charge in [0.05, 0.1) is 0 Å². The second-order valence-electron chi connectivity index (χ2n) is 3.33. The fourth-order valence-corrected chi connectivity index (χ4v) is 1.36. The number of carboxylic acid groups (broad SMARTS) is 1. The van der Waals surface area contributed by atoms with E-state index >= 15 is 0 Å². The molecule has 0 bridgehead atoms. The Morgan fingerprint density at radius 2 is 2.13 bits per heavy atom. The number of hydrogen-bond donors (Lipinski definition) is 1. The highest BCUT2D eigenvalue weighted by Crippen LogP contribution is 2.16. The lowest BCUT2D eigenvalue weighted by Gasteiger charge is -2.27. The second-order valence-corrected chi connectivity index (χ2v) is 3.33. The minimum atomic E-state index is -0.840. The second kappa shape index (κ2) is 5.20. The van der Waals surface area contributed by atoms with Gasteiger partial charge < -0.3 is 10.0 Å². The molecular weight excluding hydrogens is 190 g/mol. The largest absolute Gasteiger partial charge is 0.480 e. The molecule has 0 aliphatic rings. The number of anilines is 1. The van der Waals surface area contributed by atoms with Gasteiger partial charge in [-0.3, -0.25) is 4.79 Å². The normalized spacial score (nSPS) is 11.8. The lowest BCUT2D eigenvalue weighted by Crippen LogP contribution is -2.36. The summed E-state index contributed by atoms with van der Waals surface area (Å²) in [6.45, 7) is 5.58. The molecule has 15 heavy (non-hydrogen) atoms. The molecule has 0 aromatic heterocycles. The molecule has 80 valence electrons. The van der Waals surface area contributed by atoms with Gasteiger partial charge in [0, 0.05) is 11.7 Å². The van der Waals surface area contributed by atoms with Crippen LogP contribution < -0.4 is 4.90 Å². The van der Waals surface area contributed by atoms with Crippen molar-refractivity contribution >= 4 is 11.7 Å². The van der Waals surface area contributed by atoms with E-state index in [0.717, 1.165) is 5.69 Å². The molecule has 1 aromatic carbocycles. The van der Waals surface area contributed by atoms with E-state index in [1.807, 2.05) is 37.3 Å². The van der Waals surface area contributed by atoms with Crippen LogP contribution in [0.15, 0.2) is 43.0 Å². The van der Waals surface area contributed by atoms with Crippen molar-refractivity contribution in [2.75, 3.05) is 11.4 Å². The minimum Gasteiger partial charge on any atom is -0.480 e. The molecule has 0 fully saturated rings. The number of aliphatic carboxylic acids is 1. The number of carbonyl (C=O) groups is 1. The molecular formula is C12H15NO2. The number of nitrogens with zero attached hydrogens (tertiary/aromatic N) is 1.